The number of methoxy groups -OCH3 is 1. The maximum atomic E-state index is 12.1. The quantitative estimate of drug-likeness (QED) is 0.298. The first-order valence-electron chi connectivity index (χ1n) is 11.5. The fourth-order valence-electron chi connectivity index (χ4n) is 4.49. The second-order valence-electron chi connectivity index (χ2n) is 8.54. The van der Waals surface area contributed by atoms with E-state index in [2.05, 4.69) is 22.0 Å². The third kappa shape index (κ3) is 4.47. The number of piperidine rings is 1. The van der Waals surface area contributed by atoms with Gasteiger partial charge in [-0.05, 0) is 74.0 Å². The van der Waals surface area contributed by atoms with E-state index < -0.39 is 5.97 Å². The van der Waals surface area contributed by atoms with Gasteiger partial charge < -0.3 is 19.2 Å². The molecule has 0 aliphatic carbocycles. The van der Waals surface area contributed by atoms with E-state index in [-0.39, 0.29) is 5.88 Å². The average Bonchev–Trinajstić information content (AvgIpc) is 3.51. The zero-order valence-corrected chi connectivity index (χ0v) is 19.1. The minimum absolute atomic E-state index is 0.0473. The molecule has 0 radical (unpaired) electrons. The van der Waals surface area contributed by atoms with Crippen LogP contribution >= 0.6 is 0 Å². The number of aromatic nitrogens is 1. The number of hydrogen-bond acceptors (Lipinski definition) is 6. The Balaban J connectivity index is 1.53. The minimum atomic E-state index is -0.450. The van der Waals surface area contributed by atoms with Crippen molar-refractivity contribution in [2.45, 2.75) is 25.8 Å². The first-order valence-corrected chi connectivity index (χ1v) is 11.5. The topological polar surface area (TPSA) is 91.1 Å². The molecule has 7 heteroatoms. The van der Waals surface area contributed by atoms with E-state index in [1.807, 2.05) is 12.1 Å². The summed E-state index contributed by atoms with van der Waals surface area (Å²) in [6.45, 7) is 3.24. The van der Waals surface area contributed by atoms with Crippen molar-refractivity contribution in [1.29, 1.82) is 0 Å². The second-order valence-corrected chi connectivity index (χ2v) is 8.54. The zero-order valence-electron chi connectivity index (χ0n) is 19.1. The molecular formula is C27H27N3O4. The number of H-pyrrole nitrogens is 1. The lowest BCUT2D eigenvalue weighted by molar-refractivity contribution is 0.0601. The number of likely N-dealkylation sites (tertiary alicyclic amines) is 1. The number of hydrogen-bond donors (Lipinski definition) is 2. The van der Waals surface area contributed by atoms with Crippen molar-refractivity contribution in [2.24, 2.45) is 4.99 Å². The predicted molar refractivity (Wildman–Crippen MR) is 131 cm³/mol. The van der Waals surface area contributed by atoms with Gasteiger partial charge in [0.2, 0.25) is 0 Å². The van der Waals surface area contributed by atoms with Crippen molar-refractivity contribution < 1.29 is 19.1 Å². The van der Waals surface area contributed by atoms with Crippen molar-refractivity contribution in [3.8, 4) is 5.88 Å². The summed E-state index contributed by atoms with van der Waals surface area (Å²) in [6.07, 6.45) is 5.42. The van der Waals surface area contributed by atoms with Crippen molar-refractivity contribution >= 4 is 28.3 Å². The molecule has 1 aliphatic rings. The summed E-state index contributed by atoms with van der Waals surface area (Å²) < 4.78 is 10.5. The summed E-state index contributed by atoms with van der Waals surface area (Å²) in [4.78, 5) is 22.4. The molecule has 4 aromatic rings. The highest BCUT2D eigenvalue weighted by molar-refractivity contribution is 6.21. The molecule has 7 nitrogen and oxygen atoms in total. The summed E-state index contributed by atoms with van der Waals surface area (Å²) in [7, 11) is 1.34. The fraction of sp³-hybridized carbons (Fsp3) is 0.259. The summed E-state index contributed by atoms with van der Waals surface area (Å²) >= 11 is 0. The van der Waals surface area contributed by atoms with E-state index in [1.165, 1.54) is 31.9 Å². The molecular weight excluding hydrogens is 430 g/mol. The van der Waals surface area contributed by atoms with Gasteiger partial charge in [-0.2, -0.15) is 0 Å². The van der Waals surface area contributed by atoms with Gasteiger partial charge in [0.15, 0.2) is 11.6 Å². The molecule has 3 heterocycles. The lowest BCUT2D eigenvalue weighted by Crippen LogP contribution is -2.28. The van der Waals surface area contributed by atoms with Gasteiger partial charge in [-0.15, -0.1) is 0 Å². The molecule has 1 aliphatic heterocycles. The molecule has 2 aromatic carbocycles. The van der Waals surface area contributed by atoms with Crippen molar-refractivity contribution in [1.82, 2.24) is 9.88 Å². The van der Waals surface area contributed by atoms with Crippen LogP contribution in [0.5, 0.6) is 5.88 Å². The van der Waals surface area contributed by atoms with Crippen molar-refractivity contribution in [3.63, 3.8) is 0 Å². The summed E-state index contributed by atoms with van der Waals surface area (Å²) in [5, 5.41) is 11.4. The molecule has 1 saturated heterocycles. The van der Waals surface area contributed by atoms with Gasteiger partial charge >= 0.3 is 5.97 Å². The first kappa shape index (κ1) is 22.0. The average molecular weight is 458 g/mol. The number of benzene rings is 2. The summed E-state index contributed by atoms with van der Waals surface area (Å²) in [5.74, 6) is 0.0141. The Labute approximate surface area is 197 Å². The molecule has 0 unspecified atom stereocenters. The van der Waals surface area contributed by atoms with Gasteiger partial charge in [0, 0.05) is 17.4 Å². The third-order valence-electron chi connectivity index (χ3n) is 6.22. The maximum absolute atomic E-state index is 12.1. The van der Waals surface area contributed by atoms with Gasteiger partial charge in [-0.3, -0.25) is 4.90 Å². The highest BCUT2D eigenvalue weighted by Crippen LogP contribution is 2.32. The van der Waals surface area contributed by atoms with E-state index in [0.29, 0.717) is 33.5 Å². The molecule has 2 N–H and O–H groups in total. The van der Waals surface area contributed by atoms with E-state index in [1.54, 1.807) is 36.6 Å². The number of esters is 1. The van der Waals surface area contributed by atoms with Gasteiger partial charge in [-0.25, -0.2) is 9.79 Å². The molecule has 0 amide bonds. The lowest BCUT2D eigenvalue weighted by atomic mass is 10.0. The SMILES string of the molecule is COC(=O)c1ccc2[nH]c(O)c(C(=Nc3ccc(CN4CCCCC4)cc3)c3ccco3)c2c1. The van der Waals surface area contributed by atoms with Crippen LogP contribution in [0.1, 0.15) is 46.5 Å². The van der Waals surface area contributed by atoms with E-state index in [0.717, 1.165) is 25.3 Å². The van der Waals surface area contributed by atoms with Crippen LogP contribution in [0.15, 0.2) is 70.3 Å². The van der Waals surface area contributed by atoms with E-state index in [9.17, 15) is 9.90 Å². The number of carbonyl (C=O) groups excluding carboxylic acids is 1. The summed E-state index contributed by atoms with van der Waals surface area (Å²) in [5.41, 5.74) is 3.99. The Kier molecular flexibility index (Phi) is 6.18. The minimum Gasteiger partial charge on any atom is -0.494 e. The molecule has 0 saturated carbocycles. The van der Waals surface area contributed by atoms with Crippen LogP contribution in [0.25, 0.3) is 10.9 Å². The maximum Gasteiger partial charge on any atom is 0.337 e. The van der Waals surface area contributed by atoms with Crippen LogP contribution in [0.2, 0.25) is 0 Å². The molecule has 1 fully saturated rings. The fourth-order valence-corrected chi connectivity index (χ4v) is 4.49. The van der Waals surface area contributed by atoms with Crippen LogP contribution in [0.4, 0.5) is 5.69 Å². The number of aliphatic imine (C=N–C) groups is 1. The number of aromatic amines is 1. The van der Waals surface area contributed by atoms with Gasteiger partial charge in [-0.1, -0.05) is 18.6 Å². The molecule has 0 bridgehead atoms. The molecule has 0 atom stereocenters. The first-order chi connectivity index (χ1) is 16.6. The van der Waals surface area contributed by atoms with E-state index in [4.69, 9.17) is 14.1 Å². The van der Waals surface area contributed by atoms with Gasteiger partial charge in [0.25, 0.3) is 0 Å². The highest BCUT2D eigenvalue weighted by Gasteiger charge is 2.22. The number of rotatable bonds is 6. The number of nitrogens with zero attached hydrogens (tertiary/aromatic N) is 2. The lowest BCUT2D eigenvalue weighted by Gasteiger charge is -2.26. The molecule has 174 valence electrons. The Morgan fingerprint density at radius 2 is 1.91 bits per heavy atom. The number of fused-ring (bicyclic) bond motifs is 1. The number of carbonyl (C=O) groups is 1. The van der Waals surface area contributed by atoms with Crippen LogP contribution in [-0.4, -0.2) is 46.9 Å². The van der Waals surface area contributed by atoms with Crippen molar-refractivity contribution in [3.05, 3.63) is 83.3 Å². The monoisotopic (exact) mass is 457 g/mol. The number of aromatic hydroxyl groups is 1. The molecule has 2 aromatic heterocycles. The van der Waals surface area contributed by atoms with Gasteiger partial charge in [0.05, 0.1) is 30.2 Å². The normalized spacial score (nSPS) is 15.0. The standard InChI is InChI=1S/C27H27N3O4/c1-33-27(32)19-9-12-22-21(16-19)24(26(31)29-22)25(23-6-5-15-34-23)28-20-10-7-18(8-11-20)17-30-13-3-2-4-14-30/h5-12,15-16,29,31H,2-4,13-14,17H2,1H3. The predicted octanol–water partition coefficient (Wildman–Crippen LogP) is 5.41. The second kappa shape index (κ2) is 9.57. The summed E-state index contributed by atoms with van der Waals surface area (Å²) in [6, 6.07) is 16.8. The molecule has 34 heavy (non-hydrogen) atoms. The highest BCUT2D eigenvalue weighted by atomic mass is 16.5. The Morgan fingerprint density at radius 1 is 1.12 bits per heavy atom. The number of furan rings is 1. The smallest absolute Gasteiger partial charge is 0.337 e. The Hall–Kier alpha value is -3.84. The van der Waals surface area contributed by atoms with Crippen LogP contribution in [0.3, 0.4) is 0 Å². The number of ether oxygens (including phenoxy) is 1. The van der Waals surface area contributed by atoms with Gasteiger partial charge in [0.1, 0.15) is 5.71 Å². The Morgan fingerprint density at radius 3 is 2.62 bits per heavy atom. The largest absolute Gasteiger partial charge is 0.494 e. The molecule has 5 rings (SSSR count). The zero-order chi connectivity index (χ0) is 23.5. The van der Waals surface area contributed by atoms with Crippen LogP contribution in [0, 0.1) is 0 Å². The van der Waals surface area contributed by atoms with Crippen LogP contribution in [-0.2, 0) is 11.3 Å². The molecule has 0 spiro atoms. The van der Waals surface area contributed by atoms with Crippen LogP contribution < -0.4 is 0 Å². The third-order valence-corrected chi connectivity index (χ3v) is 6.22. The van der Waals surface area contributed by atoms with Crippen molar-refractivity contribution in [2.75, 3.05) is 20.2 Å². The number of nitrogens with one attached hydrogen (secondary N) is 1. The van der Waals surface area contributed by atoms with E-state index >= 15 is 0 Å². The Bertz CT molecular complexity index is 1310.